The summed E-state index contributed by atoms with van der Waals surface area (Å²) in [5, 5.41) is 1.61. The number of nitrogen functional groups attached to an aromatic ring is 1. The second-order valence-corrected chi connectivity index (χ2v) is 3.04. The summed E-state index contributed by atoms with van der Waals surface area (Å²) in [5.41, 5.74) is 7.24. The molecule has 0 unspecified atom stereocenters. The zero-order valence-corrected chi connectivity index (χ0v) is 7.05. The molecule has 3 heteroatoms. The normalized spacial score (nSPS) is 10.4. The van der Waals surface area contributed by atoms with Gasteiger partial charge in [0, 0.05) is 17.3 Å². The number of hydrogen-bond acceptors (Lipinski definition) is 2. The summed E-state index contributed by atoms with van der Waals surface area (Å²) in [4.78, 5) is 4.13. The van der Waals surface area contributed by atoms with Crippen LogP contribution < -0.4 is 5.73 Å². The maximum Gasteiger partial charge on any atom is 0.0704 e. The van der Waals surface area contributed by atoms with E-state index in [0.717, 1.165) is 16.6 Å². The number of nitrogens with two attached hydrogens (primary N) is 1. The summed E-state index contributed by atoms with van der Waals surface area (Å²) in [6.45, 7) is 0. The maximum atomic E-state index is 5.77. The monoisotopic (exact) mass is 178 g/mol. The van der Waals surface area contributed by atoms with Crippen LogP contribution in [0.2, 0.25) is 5.02 Å². The first kappa shape index (κ1) is 7.37. The van der Waals surface area contributed by atoms with Crippen LogP contribution in [0, 0.1) is 0 Å². The van der Waals surface area contributed by atoms with E-state index in [2.05, 4.69) is 4.98 Å². The van der Waals surface area contributed by atoms with Crippen LogP contribution in [0.4, 0.5) is 5.69 Å². The number of anilines is 1. The van der Waals surface area contributed by atoms with Crippen molar-refractivity contribution in [3.8, 4) is 0 Å². The average Bonchev–Trinajstić information content (AvgIpc) is 2.03. The zero-order chi connectivity index (χ0) is 8.55. The van der Waals surface area contributed by atoms with Gasteiger partial charge in [-0.25, -0.2) is 0 Å². The van der Waals surface area contributed by atoms with E-state index in [1.165, 1.54) is 0 Å². The van der Waals surface area contributed by atoms with Gasteiger partial charge in [0.25, 0.3) is 0 Å². The van der Waals surface area contributed by atoms with Crippen LogP contribution in [0.5, 0.6) is 0 Å². The molecule has 0 fully saturated rings. The van der Waals surface area contributed by atoms with E-state index in [0.29, 0.717) is 5.02 Å². The molecule has 0 aliphatic heterocycles. The lowest BCUT2D eigenvalue weighted by Crippen LogP contribution is -1.84. The van der Waals surface area contributed by atoms with Crippen LogP contribution in [0.15, 0.2) is 30.5 Å². The molecule has 0 amide bonds. The van der Waals surface area contributed by atoms with E-state index >= 15 is 0 Å². The number of halogens is 1. The van der Waals surface area contributed by atoms with E-state index in [-0.39, 0.29) is 0 Å². The van der Waals surface area contributed by atoms with Gasteiger partial charge in [-0.05, 0) is 24.3 Å². The van der Waals surface area contributed by atoms with Crippen molar-refractivity contribution in [1.82, 2.24) is 4.98 Å². The molecule has 0 spiro atoms. The molecule has 2 N–H and O–H groups in total. The lowest BCUT2D eigenvalue weighted by molar-refractivity contribution is 1.41. The second-order valence-electron chi connectivity index (χ2n) is 2.61. The van der Waals surface area contributed by atoms with Crippen LogP contribution in [0.1, 0.15) is 0 Å². The smallest absolute Gasteiger partial charge is 0.0704 e. The third-order valence-electron chi connectivity index (χ3n) is 1.67. The first-order valence-electron chi connectivity index (χ1n) is 3.56. The Morgan fingerprint density at radius 3 is 2.92 bits per heavy atom. The van der Waals surface area contributed by atoms with Gasteiger partial charge in [0.2, 0.25) is 0 Å². The summed E-state index contributed by atoms with van der Waals surface area (Å²) in [6, 6.07) is 7.40. The molecule has 0 aliphatic carbocycles. The Morgan fingerprint density at radius 1 is 1.25 bits per heavy atom. The average molecular weight is 179 g/mol. The zero-order valence-electron chi connectivity index (χ0n) is 6.29. The lowest BCUT2D eigenvalue weighted by atomic mass is 10.2. The Balaban J connectivity index is 2.80. The molecule has 2 aromatic rings. The highest BCUT2D eigenvalue weighted by Crippen LogP contribution is 2.18. The van der Waals surface area contributed by atoms with Crippen LogP contribution in [0.3, 0.4) is 0 Å². The van der Waals surface area contributed by atoms with Gasteiger partial charge in [-0.3, -0.25) is 4.98 Å². The summed E-state index contributed by atoms with van der Waals surface area (Å²) < 4.78 is 0. The molecule has 60 valence electrons. The molecule has 1 heterocycles. The fourth-order valence-corrected chi connectivity index (χ4v) is 1.29. The minimum atomic E-state index is 0.633. The summed E-state index contributed by atoms with van der Waals surface area (Å²) in [7, 11) is 0. The highest BCUT2D eigenvalue weighted by Gasteiger charge is 1.95. The molecule has 1 aromatic heterocycles. The fourth-order valence-electron chi connectivity index (χ4n) is 1.12. The quantitative estimate of drug-likeness (QED) is 0.630. The van der Waals surface area contributed by atoms with Gasteiger partial charge in [0.1, 0.15) is 0 Å². The van der Waals surface area contributed by atoms with E-state index in [1.54, 1.807) is 6.20 Å². The molecule has 2 nitrogen and oxygen atoms in total. The summed E-state index contributed by atoms with van der Waals surface area (Å²) in [6.07, 6.45) is 1.63. The van der Waals surface area contributed by atoms with Crippen molar-refractivity contribution in [2.75, 3.05) is 5.73 Å². The Morgan fingerprint density at radius 2 is 2.08 bits per heavy atom. The molecular weight excluding hydrogens is 172 g/mol. The van der Waals surface area contributed by atoms with Gasteiger partial charge in [-0.2, -0.15) is 0 Å². The fraction of sp³-hybridized carbons (Fsp3) is 0. The third-order valence-corrected chi connectivity index (χ3v) is 1.88. The number of rotatable bonds is 0. The number of benzene rings is 1. The number of aromatic nitrogens is 1. The number of fused-ring (bicyclic) bond motifs is 1. The lowest BCUT2D eigenvalue weighted by Gasteiger charge is -1.98. The van der Waals surface area contributed by atoms with Gasteiger partial charge in [0.05, 0.1) is 10.5 Å². The first-order chi connectivity index (χ1) is 5.75. The number of hydrogen-bond donors (Lipinski definition) is 1. The van der Waals surface area contributed by atoms with Gasteiger partial charge >= 0.3 is 0 Å². The standard InChI is InChI=1S/C9H7ClN2/c10-7-3-6-4-8(11)1-2-9(6)12-5-7/h1-5H,11H2. The Hall–Kier alpha value is -1.28. The van der Waals surface area contributed by atoms with Crippen LogP contribution in [0.25, 0.3) is 10.9 Å². The molecule has 0 saturated heterocycles. The van der Waals surface area contributed by atoms with Gasteiger partial charge in [-0.1, -0.05) is 11.6 Å². The van der Waals surface area contributed by atoms with E-state index in [9.17, 15) is 0 Å². The van der Waals surface area contributed by atoms with Gasteiger partial charge in [-0.15, -0.1) is 0 Å². The highest BCUT2D eigenvalue weighted by molar-refractivity contribution is 6.31. The van der Waals surface area contributed by atoms with Crippen LogP contribution in [-0.4, -0.2) is 4.98 Å². The Kier molecular flexibility index (Phi) is 1.62. The van der Waals surface area contributed by atoms with Gasteiger partial charge < -0.3 is 5.73 Å². The molecular formula is C9H7ClN2. The largest absolute Gasteiger partial charge is 0.399 e. The maximum absolute atomic E-state index is 5.77. The first-order valence-corrected chi connectivity index (χ1v) is 3.94. The molecule has 0 bridgehead atoms. The summed E-state index contributed by atoms with van der Waals surface area (Å²) >= 11 is 5.77. The van der Waals surface area contributed by atoms with Crippen molar-refractivity contribution in [3.63, 3.8) is 0 Å². The molecule has 0 saturated carbocycles. The minimum Gasteiger partial charge on any atom is -0.399 e. The Bertz CT molecular complexity index is 389. The third kappa shape index (κ3) is 1.21. The second kappa shape index (κ2) is 2.64. The van der Waals surface area contributed by atoms with E-state index in [1.807, 2.05) is 24.3 Å². The van der Waals surface area contributed by atoms with Crippen molar-refractivity contribution in [1.29, 1.82) is 0 Å². The topological polar surface area (TPSA) is 38.9 Å². The highest BCUT2D eigenvalue weighted by atomic mass is 35.5. The Labute approximate surface area is 75.0 Å². The molecule has 1 aromatic carbocycles. The van der Waals surface area contributed by atoms with E-state index < -0.39 is 0 Å². The number of pyridine rings is 1. The van der Waals surface area contributed by atoms with Gasteiger partial charge in [0.15, 0.2) is 0 Å². The van der Waals surface area contributed by atoms with Crippen molar-refractivity contribution in [2.24, 2.45) is 0 Å². The predicted octanol–water partition coefficient (Wildman–Crippen LogP) is 2.47. The van der Waals surface area contributed by atoms with Crippen molar-refractivity contribution >= 4 is 28.2 Å². The predicted molar refractivity (Wildman–Crippen MR) is 51.2 cm³/mol. The molecule has 12 heavy (non-hydrogen) atoms. The van der Waals surface area contributed by atoms with E-state index in [4.69, 9.17) is 17.3 Å². The van der Waals surface area contributed by atoms with Crippen LogP contribution in [-0.2, 0) is 0 Å². The van der Waals surface area contributed by atoms with Crippen molar-refractivity contribution in [2.45, 2.75) is 0 Å². The summed E-state index contributed by atoms with van der Waals surface area (Å²) in [5.74, 6) is 0. The SMILES string of the molecule is Nc1ccc2ncc(Cl)cc2c1. The molecule has 0 atom stereocenters. The molecule has 0 aliphatic rings. The van der Waals surface area contributed by atoms with Crippen molar-refractivity contribution < 1.29 is 0 Å². The molecule has 0 radical (unpaired) electrons. The van der Waals surface area contributed by atoms with Crippen molar-refractivity contribution in [3.05, 3.63) is 35.5 Å². The minimum absolute atomic E-state index is 0.633. The molecule has 2 rings (SSSR count). The number of nitrogens with zero attached hydrogens (tertiary/aromatic N) is 1. The van der Waals surface area contributed by atoms with Crippen LogP contribution >= 0.6 is 11.6 Å².